The lowest BCUT2D eigenvalue weighted by atomic mass is 10.00. The second kappa shape index (κ2) is 6.71. The summed E-state index contributed by atoms with van der Waals surface area (Å²) in [5.74, 6) is 0.0676. The summed E-state index contributed by atoms with van der Waals surface area (Å²) < 4.78 is 5.82. The molecule has 0 spiro atoms. The predicted octanol–water partition coefficient (Wildman–Crippen LogP) is 4.59. The van der Waals surface area contributed by atoms with E-state index in [2.05, 4.69) is 35.6 Å². The van der Waals surface area contributed by atoms with E-state index in [-0.39, 0.29) is 18.2 Å². The lowest BCUT2D eigenvalue weighted by Gasteiger charge is -2.39. The molecule has 2 aliphatic heterocycles. The number of nitrogens with zero attached hydrogens (tertiary/aromatic N) is 1. The number of fused-ring (bicyclic) bond motifs is 2. The highest BCUT2D eigenvalue weighted by Crippen LogP contribution is 2.35. The standard InChI is InChI=1S/C23H22N2O2/c26-23-20-9-3-4-10-21(20)24-22(25(23)15-19-8-5-13-27-19)18-12-11-16-6-1-2-7-17(16)14-18/h1-4,6-7,9-12,14,19,22,24H,5,8,13,15H2/t19-,22+/m0/s1. The molecular weight excluding hydrogens is 336 g/mol. The maximum absolute atomic E-state index is 13.3. The van der Waals surface area contributed by atoms with Crippen LogP contribution in [0.15, 0.2) is 66.7 Å². The lowest BCUT2D eigenvalue weighted by Crippen LogP contribution is -2.46. The van der Waals surface area contributed by atoms with Crippen LogP contribution in [-0.2, 0) is 4.74 Å². The van der Waals surface area contributed by atoms with Crippen molar-refractivity contribution < 1.29 is 9.53 Å². The number of carbonyl (C=O) groups is 1. The molecule has 27 heavy (non-hydrogen) atoms. The van der Waals surface area contributed by atoms with Crippen LogP contribution in [0.2, 0.25) is 0 Å². The van der Waals surface area contributed by atoms with Crippen molar-refractivity contribution >= 4 is 22.4 Å². The molecule has 4 heteroatoms. The molecule has 1 fully saturated rings. The van der Waals surface area contributed by atoms with Gasteiger partial charge in [0.1, 0.15) is 6.17 Å². The Balaban J connectivity index is 1.56. The summed E-state index contributed by atoms with van der Waals surface area (Å²) in [6.07, 6.45) is 2.00. The van der Waals surface area contributed by atoms with Gasteiger partial charge in [0.15, 0.2) is 0 Å². The molecular formula is C23H22N2O2. The Morgan fingerprint density at radius 1 is 1.00 bits per heavy atom. The number of nitrogens with one attached hydrogen (secondary N) is 1. The second-order valence-corrected chi connectivity index (χ2v) is 7.29. The molecule has 0 aromatic heterocycles. The Morgan fingerprint density at radius 2 is 1.81 bits per heavy atom. The van der Waals surface area contributed by atoms with Gasteiger partial charge in [0, 0.05) is 18.8 Å². The zero-order valence-corrected chi connectivity index (χ0v) is 15.1. The first-order chi connectivity index (χ1) is 13.3. The van der Waals surface area contributed by atoms with E-state index >= 15 is 0 Å². The third kappa shape index (κ3) is 2.96. The minimum absolute atomic E-state index is 0.0676. The minimum Gasteiger partial charge on any atom is -0.376 e. The third-order valence-corrected chi connectivity index (χ3v) is 5.54. The Morgan fingerprint density at radius 3 is 2.67 bits per heavy atom. The molecule has 1 N–H and O–H groups in total. The molecule has 4 nitrogen and oxygen atoms in total. The number of para-hydroxylation sites is 1. The molecule has 1 amide bonds. The van der Waals surface area contributed by atoms with Crippen molar-refractivity contribution in [3.63, 3.8) is 0 Å². The Bertz CT molecular complexity index is 994. The van der Waals surface area contributed by atoms with E-state index in [4.69, 9.17) is 4.74 Å². The molecule has 1 saturated heterocycles. The van der Waals surface area contributed by atoms with Crippen molar-refractivity contribution in [3.05, 3.63) is 77.9 Å². The van der Waals surface area contributed by atoms with Crippen LogP contribution in [0.5, 0.6) is 0 Å². The number of hydrogen-bond acceptors (Lipinski definition) is 3. The summed E-state index contributed by atoms with van der Waals surface area (Å²) in [7, 11) is 0. The van der Waals surface area contributed by atoms with Crippen LogP contribution in [-0.4, -0.2) is 30.1 Å². The van der Waals surface area contributed by atoms with E-state index in [1.165, 1.54) is 10.8 Å². The number of benzene rings is 3. The van der Waals surface area contributed by atoms with Crippen LogP contribution in [0.25, 0.3) is 10.8 Å². The summed E-state index contributed by atoms with van der Waals surface area (Å²) in [5.41, 5.74) is 2.71. The fourth-order valence-electron chi connectivity index (χ4n) is 4.13. The quantitative estimate of drug-likeness (QED) is 0.745. The van der Waals surface area contributed by atoms with Gasteiger partial charge in [-0.2, -0.15) is 0 Å². The van der Waals surface area contributed by atoms with Crippen LogP contribution in [0, 0.1) is 0 Å². The molecule has 0 radical (unpaired) electrons. The van der Waals surface area contributed by atoms with Gasteiger partial charge in [0.05, 0.1) is 11.7 Å². The van der Waals surface area contributed by atoms with Gasteiger partial charge in [-0.3, -0.25) is 4.79 Å². The molecule has 2 atom stereocenters. The average Bonchev–Trinajstić information content (AvgIpc) is 3.23. The van der Waals surface area contributed by atoms with Gasteiger partial charge in [-0.1, -0.05) is 48.5 Å². The van der Waals surface area contributed by atoms with Gasteiger partial charge >= 0.3 is 0 Å². The van der Waals surface area contributed by atoms with Crippen LogP contribution in [0.1, 0.15) is 34.9 Å². The van der Waals surface area contributed by atoms with Crippen LogP contribution < -0.4 is 5.32 Å². The number of ether oxygens (including phenoxy) is 1. The molecule has 0 aliphatic carbocycles. The second-order valence-electron chi connectivity index (χ2n) is 7.29. The maximum atomic E-state index is 13.3. The first kappa shape index (κ1) is 16.3. The summed E-state index contributed by atoms with van der Waals surface area (Å²) in [6, 6.07) is 22.5. The normalized spacial score (nSPS) is 21.9. The molecule has 136 valence electrons. The molecule has 2 heterocycles. The summed E-state index contributed by atoms with van der Waals surface area (Å²) in [6.45, 7) is 1.40. The fourth-order valence-corrected chi connectivity index (χ4v) is 4.13. The van der Waals surface area contributed by atoms with Gasteiger partial charge < -0.3 is 15.0 Å². The highest BCUT2D eigenvalue weighted by Gasteiger charge is 2.35. The van der Waals surface area contributed by atoms with E-state index in [0.717, 1.165) is 36.3 Å². The number of hydrogen-bond donors (Lipinski definition) is 1. The van der Waals surface area contributed by atoms with E-state index in [0.29, 0.717) is 6.54 Å². The van der Waals surface area contributed by atoms with Crippen molar-refractivity contribution in [2.45, 2.75) is 25.1 Å². The SMILES string of the molecule is O=C1c2ccccc2N[C@@H](c2ccc3ccccc3c2)N1C[C@@H]1CCCO1. The molecule has 0 saturated carbocycles. The molecule has 3 aromatic rings. The predicted molar refractivity (Wildman–Crippen MR) is 107 cm³/mol. The van der Waals surface area contributed by atoms with Crippen LogP contribution in [0.4, 0.5) is 5.69 Å². The Labute approximate surface area is 158 Å². The highest BCUT2D eigenvalue weighted by molar-refractivity contribution is 6.01. The summed E-state index contributed by atoms with van der Waals surface area (Å²) in [5, 5.41) is 5.97. The van der Waals surface area contributed by atoms with E-state index in [1.54, 1.807) is 0 Å². The fraction of sp³-hybridized carbons (Fsp3) is 0.261. The minimum atomic E-state index is -0.193. The van der Waals surface area contributed by atoms with Gasteiger partial charge in [-0.15, -0.1) is 0 Å². The molecule has 0 bridgehead atoms. The summed E-state index contributed by atoms with van der Waals surface area (Å²) in [4.78, 5) is 15.2. The monoisotopic (exact) mass is 358 g/mol. The average molecular weight is 358 g/mol. The first-order valence-corrected chi connectivity index (χ1v) is 9.56. The largest absolute Gasteiger partial charge is 0.376 e. The van der Waals surface area contributed by atoms with Crippen molar-refractivity contribution in [3.8, 4) is 0 Å². The Kier molecular flexibility index (Phi) is 4.06. The van der Waals surface area contributed by atoms with Gasteiger partial charge in [0.25, 0.3) is 5.91 Å². The number of anilines is 1. The zero-order chi connectivity index (χ0) is 18.2. The first-order valence-electron chi connectivity index (χ1n) is 9.56. The lowest BCUT2D eigenvalue weighted by molar-refractivity contribution is 0.0427. The number of carbonyl (C=O) groups excluding carboxylic acids is 1. The molecule has 0 unspecified atom stereocenters. The van der Waals surface area contributed by atoms with Crippen molar-refractivity contribution in [2.75, 3.05) is 18.5 Å². The molecule has 2 aliphatic rings. The third-order valence-electron chi connectivity index (χ3n) is 5.54. The number of amides is 1. The molecule has 5 rings (SSSR count). The Hall–Kier alpha value is -2.85. The summed E-state index contributed by atoms with van der Waals surface area (Å²) >= 11 is 0. The molecule has 3 aromatic carbocycles. The van der Waals surface area contributed by atoms with Gasteiger partial charge in [0.2, 0.25) is 0 Å². The van der Waals surface area contributed by atoms with Crippen LogP contribution >= 0.6 is 0 Å². The van der Waals surface area contributed by atoms with Crippen molar-refractivity contribution in [1.82, 2.24) is 4.90 Å². The van der Waals surface area contributed by atoms with Crippen molar-refractivity contribution in [1.29, 1.82) is 0 Å². The van der Waals surface area contributed by atoms with E-state index in [9.17, 15) is 4.79 Å². The zero-order valence-electron chi connectivity index (χ0n) is 15.1. The highest BCUT2D eigenvalue weighted by atomic mass is 16.5. The van der Waals surface area contributed by atoms with E-state index < -0.39 is 0 Å². The van der Waals surface area contributed by atoms with Gasteiger partial charge in [-0.05, 0) is 47.4 Å². The number of rotatable bonds is 3. The smallest absolute Gasteiger partial charge is 0.257 e. The maximum Gasteiger partial charge on any atom is 0.257 e. The van der Waals surface area contributed by atoms with Gasteiger partial charge in [-0.25, -0.2) is 0 Å². The van der Waals surface area contributed by atoms with Crippen molar-refractivity contribution in [2.24, 2.45) is 0 Å². The van der Waals surface area contributed by atoms with E-state index in [1.807, 2.05) is 41.3 Å². The van der Waals surface area contributed by atoms with Crippen LogP contribution in [0.3, 0.4) is 0 Å². The topological polar surface area (TPSA) is 41.6 Å².